The van der Waals surface area contributed by atoms with Gasteiger partial charge in [-0.15, -0.1) is 0 Å². The number of carbonyl (C=O) groups is 2. The van der Waals surface area contributed by atoms with E-state index < -0.39 is 0 Å². The largest absolute Gasteiger partial charge is 0.370 e. The normalized spacial score (nSPS) is 10.7. The Bertz CT molecular complexity index is 872. The van der Waals surface area contributed by atoms with Gasteiger partial charge in [0.05, 0.1) is 5.39 Å². The quantitative estimate of drug-likeness (QED) is 0.681. The second kappa shape index (κ2) is 6.95. The summed E-state index contributed by atoms with van der Waals surface area (Å²) in [6, 6.07) is 14.8. The van der Waals surface area contributed by atoms with Gasteiger partial charge in [0.15, 0.2) is 5.76 Å². The van der Waals surface area contributed by atoms with Crippen LogP contribution in [0, 0.1) is 0 Å². The first-order valence-corrected chi connectivity index (χ1v) is 7.66. The lowest BCUT2D eigenvalue weighted by molar-refractivity contribution is -0.118. The van der Waals surface area contributed by atoms with Gasteiger partial charge in [0.1, 0.15) is 5.52 Å². The first-order chi connectivity index (χ1) is 11.6. The fraction of sp³-hybridized carbons (Fsp3) is 0.167. The number of rotatable bonds is 6. The van der Waals surface area contributed by atoms with Crippen molar-refractivity contribution in [3.63, 3.8) is 0 Å². The summed E-state index contributed by atoms with van der Waals surface area (Å²) in [7, 11) is 0. The van der Waals surface area contributed by atoms with Crippen LogP contribution in [0.5, 0.6) is 0 Å². The highest BCUT2D eigenvalue weighted by Gasteiger charge is 2.13. The number of hydrogen-bond donors (Lipinski definition) is 2. The molecule has 24 heavy (non-hydrogen) atoms. The van der Waals surface area contributed by atoms with Gasteiger partial charge in [-0.05, 0) is 24.6 Å². The highest BCUT2D eigenvalue weighted by Crippen LogP contribution is 2.29. The Kier molecular flexibility index (Phi) is 4.56. The van der Waals surface area contributed by atoms with Crippen molar-refractivity contribution in [1.29, 1.82) is 0 Å². The molecule has 6 heteroatoms. The minimum atomic E-state index is -0.373. The molecule has 3 N–H and O–H groups in total. The molecule has 0 aliphatic rings. The van der Waals surface area contributed by atoms with E-state index in [9.17, 15) is 9.59 Å². The zero-order valence-electron chi connectivity index (χ0n) is 13.0. The van der Waals surface area contributed by atoms with E-state index >= 15 is 0 Å². The Labute approximate surface area is 138 Å². The summed E-state index contributed by atoms with van der Waals surface area (Å²) in [5.41, 5.74) is 7.18. The van der Waals surface area contributed by atoms with E-state index in [1.165, 1.54) is 0 Å². The standard InChI is InChI=1S/C18H17N3O3/c19-16(22)7-4-10-20-18(23)13-8-9-15-14(11-13)17(24-21-15)12-5-2-1-3-6-12/h1-3,5-6,8-9,11H,4,7,10H2,(H2,19,22)(H,20,23). The maximum absolute atomic E-state index is 12.2. The van der Waals surface area contributed by atoms with Crippen molar-refractivity contribution in [2.24, 2.45) is 5.73 Å². The Morgan fingerprint density at radius 2 is 1.92 bits per heavy atom. The summed E-state index contributed by atoms with van der Waals surface area (Å²) in [5.74, 6) is 0.0539. The van der Waals surface area contributed by atoms with Crippen LogP contribution in [-0.2, 0) is 4.79 Å². The average molecular weight is 323 g/mol. The first-order valence-electron chi connectivity index (χ1n) is 7.66. The minimum absolute atomic E-state index is 0.207. The number of primary amides is 1. The van der Waals surface area contributed by atoms with Crippen LogP contribution in [0.1, 0.15) is 23.2 Å². The van der Waals surface area contributed by atoms with Gasteiger partial charge in [0.2, 0.25) is 5.91 Å². The van der Waals surface area contributed by atoms with E-state index in [0.29, 0.717) is 29.8 Å². The van der Waals surface area contributed by atoms with Gasteiger partial charge in [0.25, 0.3) is 5.91 Å². The number of fused-ring (bicyclic) bond motifs is 1. The van der Waals surface area contributed by atoms with Crippen molar-refractivity contribution in [1.82, 2.24) is 10.5 Å². The Morgan fingerprint density at radius 3 is 2.67 bits per heavy atom. The van der Waals surface area contributed by atoms with E-state index in [1.54, 1.807) is 18.2 Å². The van der Waals surface area contributed by atoms with Gasteiger partial charge >= 0.3 is 0 Å². The maximum atomic E-state index is 12.2. The van der Waals surface area contributed by atoms with Crippen molar-refractivity contribution in [2.75, 3.05) is 6.54 Å². The zero-order chi connectivity index (χ0) is 16.9. The lowest BCUT2D eigenvalue weighted by Crippen LogP contribution is -2.25. The van der Waals surface area contributed by atoms with Crippen LogP contribution in [0.2, 0.25) is 0 Å². The minimum Gasteiger partial charge on any atom is -0.370 e. The average Bonchev–Trinajstić information content (AvgIpc) is 3.02. The van der Waals surface area contributed by atoms with E-state index in [1.807, 2.05) is 30.3 Å². The molecule has 0 unspecified atom stereocenters. The molecule has 0 spiro atoms. The Morgan fingerprint density at radius 1 is 1.12 bits per heavy atom. The topological polar surface area (TPSA) is 98.2 Å². The smallest absolute Gasteiger partial charge is 0.251 e. The number of aromatic nitrogens is 1. The molecule has 2 aromatic carbocycles. The molecule has 0 aliphatic carbocycles. The third-order valence-corrected chi connectivity index (χ3v) is 3.66. The molecule has 0 atom stereocenters. The van der Waals surface area contributed by atoms with E-state index in [0.717, 1.165) is 10.9 Å². The van der Waals surface area contributed by atoms with Gasteiger partial charge < -0.3 is 15.6 Å². The fourth-order valence-corrected chi connectivity index (χ4v) is 2.45. The number of hydrogen-bond acceptors (Lipinski definition) is 4. The third kappa shape index (κ3) is 3.43. The number of nitrogens with zero attached hydrogens (tertiary/aromatic N) is 1. The third-order valence-electron chi connectivity index (χ3n) is 3.66. The summed E-state index contributed by atoms with van der Waals surface area (Å²) in [6.07, 6.45) is 0.773. The lowest BCUT2D eigenvalue weighted by Gasteiger charge is -2.04. The van der Waals surface area contributed by atoms with Crippen molar-refractivity contribution in [2.45, 2.75) is 12.8 Å². The van der Waals surface area contributed by atoms with Crippen LogP contribution in [-0.4, -0.2) is 23.5 Å². The van der Waals surface area contributed by atoms with Crippen molar-refractivity contribution in [3.05, 3.63) is 54.1 Å². The van der Waals surface area contributed by atoms with Crippen molar-refractivity contribution < 1.29 is 14.1 Å². The van der Waals surface area contributed by atoms with Crippen LogP contribution in [0.4, 0.5) is 0 Å². The zero-order valence-corrected chi connectivity index (χ0v) is 13.0. The van der Waals surface area contributed by atoms with Crippen molar-refractivity contribution in [3.8, 4) is 11.3 Å². The van der Waals surface area contributed by atoms with E-state index in [4.69, 9.17) is 10.3 Å². The van der Waals surface area contributed by atoms with Crippen LogP contribution in [0.25, 0.3) is 22.2 Å². The van der Waals surface area contributed by atoms with Gasteiger partial charge in [-0.2, -0.15) is 0 Å². The summed E-state index contributed by atoms with van der Waals surface area (Å²) >= 11 is 0. The molecule has 0 saturated heterocycles. The van der Waals surface area contributed by atoms with Crippen LogP contribution in [0.15, 0.2) is 53.1 Å². The summed E-state index contributed by atoms with van der Waals surface area (Å²) < 4.78 is 5.43. The summed E-state index contributed by atoms with van der Waals surface area (Å²) in [5, 5.41) is 7.59. The monoisotopic (exact) mass is 323 g/mol. The molecule has 2 amide bonds. The lowest BCUT2D eigenvalue weighted by atomic mass is 10.1. The molecule has 0 fully saturated rings. The SMILES string of the molecule is NC(=O)CCCNC(=O)c1ccc2noc(-c3ccccc3)c2c1. The summed E-state index contributed by atoms with van der Waals surface area (Å²) in [4.78, 5) is 22.9. The van der Waals surface area contributed by atoms with Crippen LogP contribution in [0.3, 0.4) is 0 Å². The molecule has 122 valence electrons. The van der Waals surface area contributed by atoms with Crippen LogP contribution >= 0.6 is 0 Å². The fourth-order valence-electron chi connectivity index (χ4n) is 2.45. The molecular weight excluding hydrogens is 306 g/mol. The van der Waals surface area contributed by atoms with Crippen molar-refractivity contribution >= 4 is 22.7 Å². The number of nitrogens with one attached hydrogen (secondary N) is 1. The highest BCUT2D eigenvalue weighted by molar-refractivity contribution is 6.00. The number of amides is 2. The molecule has 0 bridgehead atoms. The molecule has 1 aromatic heterocycles. The van der Waals surface area contributed by atoms with Gasteiger partial charge in [-0.25, -0.2) is 0 Å². The predicted molar refractivity (Wildman–Crippen MR) is 90.2 cm³/mol. The first kappa shape index (κ1) is 15.7. The number of carbonyl (C=O) groups excluding carboxylic acids is 2. The predicted octanol–water partition coefficient (Wildman–Crippen LogP) is 2.49. The molecule has 1 heterocycles. The molecule has 3 aromatic rings. The molecule has 0 aliphatic heterocycles. The van der Waals surface area contributed by atoms with Crippen LogP contribution < -0.4 is 11.1 Å². The van der Waals surface area contributed by atoms with Gasteiger partial charge in [-0.3, -0.25) is 9.59 Å². The Hall–Kier alpha value is -3.15. The molecular formula is C18H17N3O3. The van der Waals surface area contributed by atoms with Gasteiger partial charge in [-0.1, -0.05) is 35.5 Å². The number of benzene rings is 2. The Balaban J connectivity index is 1.80. The molecule has 0 radical (unpaired) electrons. The van der Waals surface area contributed by atoms with E-state index in [2.05, 4.69) is 10.5 Å². The summed E-state index contributed by atoms with van der Waals surface area (Å²) in [6.45, 7) is 0.398. The second-order valence-electron chi connectivity index (χ2n) is 5.44. The molecule has 6 nitrogen and oxygen atoms in total. The molecule has 3 rings (SSSR count). The number of nitrogens with two attached hydrogens (primary N) is 1. The molecule has 0 saturated carbocycles. The maximum Gasteiger partial charge on any atom is 0.251 e. The highest BCUT2D eigenvalue weighted by atomic mass is 16.5. The van der Waals surface area contributed by atoms with Gasteiger partial charge in [0, 0.05) is 24.1 Å². The van der Waals surface area contributed by atoms with E-state index in [-0.39, 0.29) is 18.2 Å². The second-order valence-corrected chi connectivity index (χ2v) is 5.44.